The molecule has 4 nitrogen and oxygen atoms in total. The quantitative estimate of drug-likeness (QED) is 0.854. The first-order valence-corrected chi connectivity index (χ1v) is 7.01. The summed E-state index contributed by atoms with van der Waals surface area (Å²) in [4.78, 5) is 4.39. The molecule has 0 atom stereocenters. The maximum absolute atomic E-state index is 4.39. The topological polar surface area (TPSA) is 50.7 Å². The van der Waals surface area contributed by atoms with Crippen molar-refractivity contribution in [1.29, 1.82) is 0 Å². The Morgan fingerprint density at radius 2 is 2.33 bits per heavy atom. The number of nitrogens with one attached hydrogen (secondary N) is 1. The van der Waals surface area contributed by atoms with Crippen molar-refractivity contribution in [2.24, 2.45) is 0 Å². The van der Waals surface area contributed by atoms with Crippen molar-refractivity contribution in [2.75, 3.05) is 12.4 Å². The molecule has 7 heteroatoms. The van der Waals surface area contributed by atoms with Crippen LogP contribution in [0.2, 0.25) is 0 Å². The molecular weight excluding hydrogens is 248 g/mol. The molecule has 0 aromatic carbocycles. The number of hydrogen-bond acceptors (Lipinski definition) is 7. The SMILES string of the molecule is CNc1nnc(SCc2nc(C)cs2)s1. The van der Waals surface area contributed by atoms with Crippen LogP contribution in [-0.4, -0.2) is 22.2 Å². The smallest absolute Gasteiger partial charge is 0.206 e. The van der Waals surface area contributed by atoms with E-state index in [-0.39, 0.29) is 0 Å². The van der Waals surface area contributed by atoms with Gasteiger partial charge in [0, 0.05) is 18.1 Å². The summed E-state index contributed by atoms with van der Waals surface area (Å²) < 4.78 is 0.979. The van der Waals surface area contributed by atoms with Crippen molar-refractivity contribution in [3.05, 3.63) is 16.1 Å². The Bertz CT molecular complexity index is 437. The number of aryl methyl sites for hydroxylation is 1. The molecule has 2 aromatic rings. The maximum atomic E-state index is 4.39. The van der Waals surface area contributed by atoms with Gasteiger partial charge in [-0.2, -0.15) is 0 Å². The second-order valence-electron chi connectivity index (χ2n) is 2.79. The van der Waals surface area contributed by atoms with Crippen LogP contribution in [-0.2, 0) is 5.75 Å². The van der Waals surface area contributed by atoms with E-state index >= 15 is 0 Å². The standard InChI is InChI=1S/C8H10N4S3/c1-5-3-13-6(10-5)4-14-8-12-11-7(9-2)15-8/h3H,4H2,1-2H3,(H,9,11). The number of thioether (sulfide) groups is 1. The summed E-state index contributed by atoms with van der Waals surface area (Å²) in [6, 6.07) is 0. The van der Waals surface area contributed by atoms with Gasteiger partial charge in [-0.05, 0) is 6.92 Å². The molecule has 0 aliphatic rings. The Morgan fingerprint density at radius 1 is 1.47 bits per heavy atom. The lowest BCUT2D eigenvalue weighted by molar-refractivity contribution is 1.01. The molecule has 0 saturated carbocycles. The van der Waals surface area contributed by atoms with Crippen LogP contribution in [0.15, 0.2) is 9.72 Å². The summed E-state index contributed by atoms with van der Waals surface area (Å²) in [7, 11) is 1.85. The fraction of sp³-hybridized carbons (Fsp3) is 0.375. The normalized spacial score (nSPS) is 10.5. The third-order valence-electron chi connectivity index (χ3n) is 1.61. The molecule has 0 aliphatic carbocycles. The zero-order valence-corrected chi connectivity index (χ0v) is 10.8. The van der Waals surface area contributed by atoms with Gasteiger partial charge in [0.1, 0.15) is 5.01 Å². The van der Waals surface area contributed by atoms with Crippen LogP contribution in [0.1, 0.15) is 10.7 Å². The van der Waals surface area contributed by atoms with Gasteiger partial charge in [-0.25, -0.2) is 4.98 Å². The number of aromatic nitrogens is 3. The minimum Gasteiger partial charge on any atom is -0.363 e. The van der Waals surface area contributed by atoms with Crippen LogP contribution >= 0.6 is 34.4 Å². The molecule has 0 fully saturated rings. The largest absolute Gasteiger partial charge is 0.363 e. The lowest BCUT2D eigenvalue weighted by atomic mass is 10.6. The Hall–Kier alpha value is -0.660. The van der Waals surface area contributed by atoms with E-state index in [0.717, 1.165) is 25.9 Å². The van der Waals surface area contributed by atoms with E-state index in [1.54, 1.807) is 34.4 Å². The first-order chi connectivity index (χ1) is 7.28. The van der Waals surface area contributed by atoms with Gasteiger partial charge in [0.25, 0.3) is 0 Å². The lowest BCUT2D eigenvalue weighted by Gasteiger charge is -1.91. The fourth-order valence-corrected chi connectivity index (χ4v) is 3.46. The van der Waals surface area contributed by atoms with Crippen LogP contribution in [0.4, 0.5) is 5.13 Å². The molecule has 0 aliphatic heterocycles. The van der Waals surface area contributed by atoms with Crippen molar-refractivity contribution in [3.8, 4) is 0 Å². The van der Waals surface area contributed by atoms with E-state index in [1.807, 2.05) is 14.0 Å². The molecule has 0 bridgehead atoms. The fourth-order valence-electron chi connectivity index (χ4n) is 0.962. The summed E-state index contributed by atoms with van der Waals surface area (Å²) in [5, 5.41) is 15.1. The minimum atomic E-state index is 0.854. The summed E-state index contributed by atoms with van der Waals surface area (Å²) in [5.74, 6) is 0.872. The molecule has 0 amide bonds. The third kappa shape index (κ3) is 2.90. The van der Waals surface area contributed by atoms with Crippen LogP contribution in [0, 0.1) is 6.92 Å². The Morgan fingerprint density at radius 3 is 2.93 bits per heavy atom. The number of anilines is 1. The molecule has 0 saturated heterocycles. The molecule has 0 unspecified atom stereocenters. The predicted octanol–water partition coefficient (Wildman–Crippen LogP) is 2.64. The minimum absolute atomic E-state index is 0.854. The second-order valence-corrected chi connectivity index (χ2v) is 5.94. The van der Waals surface area contributed by atoms with Gasteiger partial charge in [0.2, 0.25) is 5.13 Å². The van der Waals surface area contributed by atoms with Crippen molar-refractivity contribution in [1.82, 2.24) is 15.2 Å². The van der Waals surface area contributed by atoms with E-state index in [2.05, 4.69) is 25.9 Å². The number of thiazole rings is 1. The highest BCUT2D eigenvalue weighted by Gasteiger charge is 2.05. The predicted molar refractivity (Wildman–Crippen MR) is 65.9 cm³/mol. The van der Waals surface area contributed by atoms with Crippen molar-refractivity contribution in [2.45, 2.75) is 17.0 Å². The second kappa shape index (κ2) is 4.91. The van der Waals surface area contributed by atoms with Crippen molar-refractivity contribution >= 4 is 39.6 Å². The van der Waals surface area contributed by atoms with Gasteiger partial charge in [-0.1, -0.05) is 23.1 Å². The van der Waals surface area contributed by atoms with Gasteiger partial charge in [-0.3, -0.25) is 0 Å². The van der Waals surface area contributed by atoms with Gasteiger partial charge in [0.15, 0.2) is 4.34 Å². The average Bonchev–Trinajstić information content (AvgIpc) is 2.83. The third-order valence-corrected chi connectivity index (χ3v) is 4.84. The van der Waals surface area contributed by atoms with Gasteiger partial charge >= 0.3 is 0 Å². The van der Waals surface area contributed by atoms with Crippen LogP contribution in [0.25, 0.3) is 0 Å². The van der Waals surface area contributed by atoms with Crippen LogP contribution < -0.4 is 5.32 Å². The Kier molecular flexibility index (Phi) is 3.55. The Balaban J connectivity index is 1.93. The van der Waals surface area contributed by atoms with Crippen LogP contribution in [0.3, 0.4) is 0 Å². The monoisotopic (exact) mass is 258 g/mol. The molecule has 2 aromatic heterocycles. The zero-order chi connectivity index (χ0) is 10.7. The highest BCUT2D eigenvalue weighted by Crippen LogP contribution is 2.28. The van der Waals surface area contributed by atoms with E-state index in [4.69, 9.17) is 0 Å². The maximum Gasteiger partial charge on any atom is 0.206 e. The summed E-state index contributed by atoms with van der Waals surface area (Å²) in [5.41, 5.74) is 1.09. The highest BCUT2D eigenvalue weighted by atomic mass is 32.2. The first kappa shape index (κ1) is 10.8. The van der Waals surface area contributed by atoms with E-state index < -0.39 is 0 Å². The molecule has 80 valence electrons. The van der Waals surface area contributed by atoms with Crippen molar-refractivity contribution in [3.63, 3.8) is 0 Å². The van der Waals surface area contributed by atoms with Gasteiger partial charge < -0.3 is 5.32 Å². The average molecular weight is 258 g/mol. The van der Waals surface area contributed by atoms with E-state index in [9.17, 15) is 0 Å². The van der Waals surface area contributed by atoms with E-state index in [0.29, 0.717) is 0 Å². The van der Waals surface area contributed by atoms with E-state index in [1.165, 1.54) is 0 Å². The Labute approximate surface area is 100 Å². The molecule has 15 heavy (non-hydrogen) atoms. The number of rotatable bonds is 4. The highest BCUT2D eigenvalue weighted by molar-refractivity contribution is 8.00. The summed E-state index contributed by atoms with van der Waals surface area (Å²) >= 11 is 4.93. The first-order valence-electron chi connectivity index (χ1n) is 4.33. The molecule has 0 spiro atoms. The molecular formula is C8H10N4S3. The number of hydrogen-bond donors (Lipinski definition) is 1. The lowest BCUT2D eigenvalue weighted by Crippen LogP contribution is -1.84. The molecule has 2 heterocycles. The zero-order valence-electron chi connectivity index (χ0n) is 8.35. The molecule has 0 radical (unpaired) electrons. The molecule has 2 rings (SSSR count). The van der Waals surface area contributed by atoms with Gasteiger partial charge in [0.05, 0.1) is 5.75 Å². The summed E-state index contributed by atoms with van der Waals surface area (Å²) in [6.45, 7) is 2.01. The van der Waals surface area contributed by atoms with Crippen LogP contribution in [0.5, 0.6) is 0 Å². The van der Waals surface area contributed by atoms with Gasteiger partial charge in [-0.15, -0.1) is 21.5 Å². The molecule has 1 N–H and O–H groups in total. The summed E-state index contributed by atoms with van der Waals surface area (Å²) in [6.07, 6.45) is 0. The number of nitrogens with zero attached hydrogens (tertiary/aromatic N) is 3. The van der Waals surface area contributed by atoms with Crippen molar-refractivity contribution < 1.29 is 0 Å².